The minimum absolute atomic E-state index is 0.0756. The quantitative estimate of drug-likeness (QED) is 0.590. The summed E-state index contributed by atoms with van der Waals surface area (Å²) in [6, 6.07) is 3.14. The summed E-state index contributed by atoms with van der Waals surface area (Å²) in [4.78, 5) is 23.0. The van der Waals surface area contributed by atoms with Crippen LogP contribution < -0.4 is 10.6 Å². The van der Waals surface area contributed by atoms with Crippen LogP contribution in [0.1, 0.15) is 36.2 Å². The minimum Gasteiger partial charge on any atom is -0.444 e. The highest BCUT2D eigenvalue weighted by molar-refractivity contribution is 9.10. The van der Waals surface area contributed by atoms with Crippen LogP contribution in [0, 0.1) is 0 Å². The number of rotatable bonds is 9. The molecule has 0 saturated carbocycles. The molecule has 1 heterocycles. The Morgan fingerprint density at radius 2 is 1.90 bits per heavy atom. The van der Waals surface area contributed by atoms with Gasteiger partial charge in [0.1, 0.15) is 0 Å². The lowest BCUT2D eigenvalue weighted by Crippen LogP contribution is -2.37. The van der Waals surface area contributed by atoms with Crippen LogP contribution in [-0.4, -0.2) is 36.6 Å². The third kappa shape index (κ3) is 6.72. The van der Waals surface area contributed by atoms with Gasteiger partial charge in [-0.3, -0.25) is 9.59 Å². The van der Waals surface area contributed by atoms with Crippen LogP contribution >= 0.6 is 15.9 Å². The summed E-state index contributed by atoms with van der Waals surface area (Å²) in [6.07, 6.45) is 3.58. The molecule has 3 N–H and O–H groups in total. The first-order valence-electron chi connectivity index (χ1n) is 6.54. The molecule has 112 valence electrons. The van der Waals surface area contributed by atoms with E-state index in [4.69, 9.17) is 9.52 Å². The molecule has 2 amide bonds. The van der Waals surface area contributed by atoms with E-state index in [2.05, 4.69) is 26.6 Å². The number of hydrogen-bond donors (Lipinski definition) is 3. The molecule has 6 nitrogen and oxygen atoms in total. The Morgan fingerprint density at radius 1 is 1.15 bits per heavy atom. The zero-order chi connectivity index (χ0) is 14.8. The molecule has 1 aromatic rings. The van der Waals surface area contributed by atoms with Gasteiger partial charge >= 0.3 is 0 Å². The van der Waals surface area contributed by atoms with Gasteiger partial charge in [0.2, 0.25) is 5.91 Å². The normalized spacial score (nSPS) is 10.3. The van der Waals surface area contributed by atoms with Crippen molar-refractivity contribution in [2.24, 2.45) is 0 Å². The first-order valence-corrected chi connectivity index (χ1v) is 7.34. The number of unbranched alkanes of at least 4 members (excludes halogenated alkanes) is 3. The molecule has 20 heavy (non-hydrogen) atoms. The summed E-state index contributed by atoms with van der Waals surface area (Å²) >= 11 is 3.10. The molecule has 0 aliphatic heterocycles. The topological polar surface area (TPSA) is 91.6 Å². The Balaban J connectivity index is 2.09. The molecule has 1 aromatic heterocycles. The predicted molar refractivity (Wildman–Crippen MR) is 77.3 cm³/mol. The lowest BCUT2D eigenvalue weighted by atomic mass is 10.2. The molecular formula is C13H19BrN2O4. The summed E-state index contributed by atoms with van der Waals surface area (Å²) in [5, 5.41) is 13.8. The molecule has 0 atom stereocenters. The molecule has 0 radical (unpaired) electrons. The fourth-order valence-corrected chi connectivity index (χ4v) is 1.87. The Hall–Kier alpha value is -1.34. The van der Waals surface area contributed by atoms with Gasteiger partial charge in [-0.15, -0.1) is 0 Å². The molecule has 0 aliphatic carbocycles. The fraction of sp³-hybridized carbons (Fsp3) is 0.538. The van der Waals surface area contributed by atoms with Gasteiger partial charge in [0.25, 0.3) is 5.91 Å². The second kappa shape index (κ2) is 9.55. The Kier molecular flexibility index (Phi) is 7.98. The van der Waals surface area contributed by atoms with Crippen LogP contribution in [0.3, 0.4) is 0 Å². The van der Waals surface area contributed by atoms with Crippen LogP contribution in [-0.2, 0) is 4.79 Å². The van der Waals surface area contributed by atoms with Crippen molar-refractivity contribution in [2.45, 2.75) is 25.7 Å². The number of hydrogen-bond acceptors (Lipinski definition) is 4. The Bertz CT molecular complexity index is 434. The number of nitrogens with one attached hydrogen (secondary N) is 2. The molecular weight excluding hydrogens is 328 g/mol. The number of carbonyl (C=O) groups excluding carboxylic acids is 2. The Morgan fingerprint density at radius 3 is 2.55 bits per heavy atom. The zero-order valence-electron chi connectivity index (χ0n) is 11.2. The minimum atomic E-state index is -0.422. The van der Waals surface area contributed by atoms with Gasteiger partial charge in [-0.05, 0) is 40.9 Å². The van der Waals surface area contributed by atoms with Crippen molar-refractivity contribution in [3.05, 3.63) is 22.6 Å². The van der Waals surface area contributed by atoms with Crippen molar-refractivity contribution < 1.29 is 19.1 Å². The monoisotopic (exact) mass is 346 g/mol. The molecule has 0 aromatic carbocycles. The maximum Gasteiger partial charge on any atom is 0.287 e. The largest absolute Gasteiger partial charge is 0.444 e. The maximum atomic E-state index is 11.6. The van der Waals surface area contributed by atoms with Gasteiger partial charge in [0.05, 0.1) is 6.54 Å². The van der Waals surface area contributed by atoms with Crippen LogP contribution in [0.2, 0.25) is 0 Å². The third-order valence-electron chi connectivity index (χ3n) is 2.61. The summed E-state index contributed by atoms with van der Waals surface area (Å²) < 4.78 is 5.53. The highest BCUT2D eigenvalue weighted by Crippen LogP contribution is 2.13. The van der Waals surface area contributed by atoms with Gasteiger partial charge in [-0.1, -0.05) is 12.8 Å². The molecule has 0 saturated heterocycles. The standard InChI is InChI=1S/C13H19BrN2O4/c14-11-6-5-10(20-11)13(19)16-9-12(18)15-7-3-1-2-4-8-17/h5-6,17H,1-4,7-9H2,(H,15,18)(H,16,19). The van der Waals surface area contributed by atoms with E-state index in [1.807, 2.05) is 0 Å². The van der Waals surface area contributed by atoms with Gasteiger partial charge < -0.3 is 20.2 Å². The lowest BCUT2D eigenvalue weighted by Gasteiger charge is -2.05. The van der Waals surface area contributed by atoms with E-state index in [0.29, 0.717) is 11.2 Å². The van der Waals surface area contributed by atoms with E-state index in [-0.39, 0.29) is 24.8 Å². The van der Waals surface area contributed by atoms with Gasteiger partial charge in [0.15, 0.2) is 10.4 Å². The molecule has 0 bridgehead atoms. The van der Waals surface area contributed by atoms with E-state index >= 15 is 0 Å². The average Bonchev–Trinajstić information content (AvgIpc) is 2.86. The van der Waals surface area contributed by atoms with E-state index in [0.717, 1.165) is 25.7 Å². The molecule has 7 heteroatoms. The van der Waals surface area contributed by atoms with Crippen molar-refractivity contribution in [1.82, 2.24) is 10.6 Å². The average molecular weight is 347 g/mol. The van der Waals surface area contributed by atoms with Crippen molar-refractivity contribution >= 4 is 27.7 Å². The Labute approximate surface area is 126 Å². The van der Waals surface area contributed by atoms with Crippen molar-refractivity contribution in [3.8, 4) is 0 Å². The number of carbonyl (C=O) groups is 2. The summed E-state index contributed by atoms with van der Waals surface area (Å²) in [5.74, 6) is -0.492. The van der Waals surface area contributed by atoms with Gasteiger partial charge in [-0.2, -0.15) is 0 Å². The van der Waals surface area contributed by atoms with Crippen LogP contribution in [0.25, 0.3) is 0 Å². The van der Waals surface area contributed by atoms with E-state index < -0.39 is 5.91 Å². The van der Waals surface area contributed by atoms with Crippen LogP contribution in [0.4, 0.5) is 0 Å². The third-order valence-corrected chi connectivity index (χ3v) is 3.04. The van der Waals surface area contributed by atoms with Crippen molar-refractivity contribution in [1.29, 1.82) is 0 Å². The number of amides is 2. The molecule has 1 rings (SSSR count). The van der Waals surface area contributed by atoms with Crippen molar-refractivity contribution in [2.75, 3.05) is 19.7 Å². The first-order chi connectivity index (χ1) is 9.63. The van der Waals surface area contributed by atoms with Crippen molar-refractivity contribution in [3.63, 3.8) is 0 Å². The summed E-state index contributed by atoms with van der Waals surface area (Å²) in [6.45, 7) is 0.710. The second-order valence-corrected chi connectivity index (χ2v) is 5.06. The highest BCUT2D eigenvalue weighted by atomic mass is 79.9. The van der Waals surface area contributed by atoms with Gasteiger partial charge in [0, 0.05) is 13.2 Å². The van der Waals surface area contributed by atoms with E-state index in [9.17, 15) is 9.59 Å². The highest BCUT2D eigenvalue weighted by Gasteiger charge is 2.11. The molecule has 0 unspecified atom stereocenters. The SMILES string of the molecule is O=C(CNC(=O)c1ccc(Br)o1)NCCCCCCO. The summed E-state index contributed by atoms with van der Waals surface area (Å²) in [5.41, 5.74) is 0. The number of aliphatic hydroxyl groups is 1. The molecule has 0 spiro atoms. The smallest absolute Gasteiger partial charge is 0.287 e. The number of aliphatic hydroxyl groups excluding tert-OH is 1. The first kappa shape index (κ1) is 16.7. The molecule has 0 fully saturated rings. The number of furan rings is 1. The van der Waals surface area contributed by atoms with Gasteiger partial charge in [-0.25, -0.2) is 0 Å². The lowest BCUT2D eigenvalue weighted by molar-refractivity contribution is -0.120. The zero-order valence-corrected chi connectivity index (χ0v) is 12.7. The fourth-order valence-electron chi connectivity index (χ4n) is 1.56. The number of halogens is 1. The molecule has 0 aliphatic rings. The maximum absolute atomic E-state index is 11.6. The van der Waals surface area contributed by atoms with E-state index in [1.54, 1.807) is 6.07 Å². The van der Waals surface area contributed by atoms with Crippen LogP contribution in [0.15, 0.2) is 21.2 Å². The summed E-state index contributed by atoms with van der Waals surface area (Å²) in [7, 11) is 0. The van der Waals surface area contributed by atoms with E-state index in [1.165, 1.54) is 6.07 Å². The van der Waals surface area contributed by atoms with Crippen LogP contribution in [0.5, 0.6) is 0 Å². The second-order valence-electron chi connectivity index (χ2n) is 4.27. The predicted octanol–water partition coefficient (Wildman–Crippen LogP) is 1.44.